The van der Waals surface area contributed by atoms with Gasteiger partial charge < -0.3 is 5.32 Å². The molecular formula is C21H32ClN3O3S. The van der Waals surface area contributed by atoms with E-state index in [0.29, 0.717) is 35.6 Å². The molecule has 0 unspecified atom stereocenters. The Morgan fingerprint density at radius 2 is 1.76 bits per heavy atom. The number of likely N-dealkylation sites (tertiary alicyclic amines) is 1. The van der Waals surface area contributed by atoms with Crippen molar-refractivity contribution in [2.24, 2.45) is 11.8 Å². The molecule has 0 aromatic heterocycles. The first-order chi connectivity index (χ1) is 13.7. The van der Waals surface area contributed by atoms with E-state index in [1.807, 2.05) is 6.92 Å². The minimum absolute atomic E-state index is 0.166. The van der Waals surface area contributed by atoms with Crippen LogP contribution in [0.2, 0.25) is 5.02 Å². The van der Waals surface area contributed by atoms with Crippen LogP contribution in [0.25, 0.3) is 0 Å². The van der Waals surface area contributed by atoms with Gasteiger partial charge >= 0.3 is 0 Å². The summed E-state index contributed by atoms with van der Waals surface area (Å²) in [5.74, 6) is 0.937. The summed E-state index contributed by atoms with van der Waals surface area (Å²) in [6.45, 7) is 9.15. The van der Waals surface area contributed by atoms with Crippen LogP contribution >= 0.6 is 11.6 Å². The lowest BCUT2D eigenvalue weighted by atomic mass is 9.91. The molecule has 3 atom stereocenters. The number of halogens is 1. The van der Waals surface area contributed by atoms with Gasteiger partial charge in [-0.25, -0.2) is 8.42 Å². The van der Waals surface area contributed by atoms with Crippen molar-refractivity contribution < 1.29 is 13.2 Å². The molecule has 0 spiro atoms. The number of nitrogens with zero attached hydrogens (tertiary/aromatic N) is 2. The zero-order valence-corrected chi connectivity index (χ0v) is 19.1. The Bertz CT molecular complexity index is 830. The zero-order valence-electron chi connectivity index (χ0n) is 17.5. The molecule has 2 saturated heterocycles. The summed E-state index contributed by atoms with van der Waals surface area (Å²) >= 11 is 6.28. The third-order valence-electron chi connectivity index (χ3n) is 5.97. The second-order valence-electron chi connectivity index (χ2n) is 8.67. The minimum Gasteiger partial charge on any atom is -0.323 e. The van der Waals surface area contributed by atoms with Gasteiger partial charge in [-0.2, -0.15) is 4.31 Å². The molecule has 1 amide bonds. The summed E-state index contributed by atoms with van der Waals surface area (Å²) in [4.78, 5) is 15.2. The number of hydrogen-bond acceptors (Lipinski definition) is 4. The fourth-order valence-corrected chi connectivity index (χ4v) is 6.15. The van der Waals surface area contributed by atoms with E-state index < -0.39 is 10.0 Å². The first-order valence-corrected chi connectivity index (χ1v) is 12.3. The summed E-state index contributed by atoms with van der Waals surface area (Å²) in [7, 11) is -3.58. The predicted molar refractivity (Wildman–Crippen MR) is 117 cm³/mol. The van der Waals surface area contributed by atoms with Crippen LogP contribution in [-0.4, -0.2) is 55.8 Å². The molecule has 162 valence electrons. The van der Waals surface area contributed by atoms with Crippen molar-refractivity contribution >= 4 is 33.2 Å². The van der Waals surface area contributed by atoms with Gasteiger partial charge in [0.25, 0.3) is 0 Å². The van der Waals surface area contributed by atoms with Crippen molar-refractivity contribution in [1.29, 1.82) is 0 Å². The number of rotatable bonds is 5. The Labute approximate surface area is 179 Å². The average molecular weight is 442 g/mol. The number of hydrogen-bond donors (Lipinski definition) is 1. The molecule has 0 bridgehead atoms. The van der Waals surface area contributed by atoms with Crippen LogP contribution in [0.3, 0.4) is 0 Å². The Balaban J connectivity index is 1.75. The third-order valence-corrected chi connectivity index (χ3v) is 8.20. The average Bonchev–Trinajstić information content (AvgIpc) is 2.68. The van der Waals surface area contributed by atoms with E-state index in [9.17, 15) is 13.2 Å². The molecule has 0 saturated carbocycles. The molecule has 1 aromatic carbocycles. The zero-order chi connectivity index (χ0) is 21.2. The second-order valence-corrected chi connectivity index (χ2v) is 11.0. The molecule has 0 radical (unpaired) electrons. The Hall–Kier alpha value is -1.15. The summed E-state index contributed by atoms with van der Waals surface area (Å²) in [5, 5.41) is 3.19. The third kappa shape index (κ3) is 5.32. The maximum Gasteiger partial charge on any atom is 0.243 e. The Kier molecular flexibility index (Phi) is 7.25. The van der Waals surface area contributed by atoms with E-state index in [-0.39, 0.29) is 16.8 Å². The van der Waals surface area contributed by atoms with Crippen molar-refractivity contribution in [3.05, 3.63) is 23.2 Å². The molecule has 2 aliphatic heterocycles. The summed E-state index contributed by atoms with van der Waals surface area (Å²) < 4.78 is 27.4. The monoisotopic (exact) mass is 441 g/mol. The molecular weight excluding hydrogens is 410 g/mol. The number of piperidine rings is 2. The molecule has 0 aliphatic carbocycles. The van der Waals surface area contributed by atoms with Crippen LogP contribution in [0, 0.1) is 11.8 Å². The highest BCUT2D eigenvalue weighted by Crippen LogP contribution is 2.29. The van der Waals surface area contributed by atoms with E-state index in [4.69, 9.17) is 11.6 Å². The van der Waals surface area contributed by atoms with Crippen molar-refractivity contribution in [3.8, 4) is 0 Å². The van der Waals surface area contributed by atoms with Crippen LogP contribution in [0.15, 0.2) is 23.1 Å². The molecule has 29 heavy (non-hydrogen) atoms. The lowest BCUT2D eigenvalue weighted by Gasteiger charge is -2.38. The van der Waals surface area contributed by atoms with Crippen molar-refractivity contribution in [3.63, 3.8) is 0 Å². The number of nitrogens with one attached hydrogen (secondary N) is 1. The van der Waals surface area contributed by atoms with Gasteiger partial charge in [0.1, 0.15) is 0 Å². The molecule has 2 heterocycles. The number of anilines is 1. The van der Waals surface area contributed by atoms with Crippen LogP contribution < -0.4 is 5.32 Å². The number of amides is 1. The van der Waals surface area contributed by atoms with E-state index in [1.54, 1.807) is 6.07 Å². The van der Waals surface area contributed by atoms with Gasteiger partial charge in [-0.1, -0.05) is 31.9 Å². The molecule has 6 nitrogen and oxygen atoms in total. The number of carbonyl (C=O) groups excluding carboxylic acids is 1. The van der Waals surface area contributed by atoms with Gasteiger partial charge in [0.2, 0.25) is 15.9 Å². The van der Waals surface area contributed by atoms with Gasteiger partial charge in [0, 0.05) is 26.2 Å². The largest absolute Gasteiger partial charge is 0.323 e. The van der Waals surface area contributed by atoms with Crippen molar-refractivity contribution in [2.75, 3.05) is 31.5 Å². The van der Waals surface area contributed by atoms with Gasteiger partial charge in [0.05, 0.1) is 21.6 Å². The molecule has 8 heteroatoms. The molecule has 3 rings (SSSR count). The van der Waals surface area contributed by atoms with E-state index >= 15 is 0 Å². The Morgan fingerprint density at radius 3 is 2.38 bits per heavy atom. The quantitative estimate of drug-likeness (QED) is 0.754. The maximum absolute atomic E-state index is 13.0. The summed E-state index contributed by atoms with van der Waals surface area (Å²) in [5.41, 5.74) is 0.347. The second kappa shape index (κ2) is 9.33. The molecule has 2 aliphatic rings. The first kappa shape index (κ1) is 22.5. The standard InChI is InChI=1S/C21H32ClN3O3S/c1-15-11-16(2)14-24(13-15)17(3)21(26)23-20-12-18(7-8-19(20)22)29(27,28)25-9-5-4-6-10-25/h7-8,12,15-17H,4-6,9-11,13-14H2,1-3H3,(H,23,26)/t15-,16-,17-/m1/s1. The van der Waals surface area contributed by atoms with Gasteiger partial charge in [-0.3, -0.25) is 9.69 Å². The fraction of sp³-hybridized carbons (Fsp3) is 0.667. The van der Waals surface area contributed by atoms with Crippen LogP contribution in [0.1, 0.15) is 46.5 Å². The van der Waals surface area contributed by atoms with E-state index in [1.165, 1.54) is 22.9 Å². The van der Waals surface area contributed by atoms with Gasteiger partial charge in [0.15, 0.2) is 0 Å². The highest BCUT2D eigenvalue weighted by Gasteiger charge is 2.30. The number of carbonyl (C=O) groups is 1. The van der Waals surface area contributed by atoms with E-state index in [2.05, 4.69) is 24.1 Å². The number of sulfonamides is 1. The van der Waals surface area contributed by atoms with Crippen molar-refractivity contribution in [2.45, 2.75) is 57.4 Å². The maximum atomic E-state index is 13.0. The normalized spacial score (nSPS) is 25.5. The van der Waals surface area contributed by atoms with Gasteiger partial charge in [-0.05, 0) is 56.2 Å². The molecule has 2 fully saturated rings. The predicted octanol–water partition coefficient (Wildman–Crippen LogP) is 3.82. The van der Waals surface area contributed by atoms with E-state index in [0.717, 1.165) is 32.4 Å². The van der Waals surface area contributed by atoms with Crippen LogP contribution in [0.5, 0.6) is 0 Å². The summed E-state index contributed by atoms with van der Waals surface area (Å²) in [6.07, 6.45) is 3.98. The molecule has 1 aromatic rings. The van der Waals surface area contributed by atoms with Crippen LogP contribution in [-0.2, 0) is 14.8 Å². The van der Waals surface area contributed by atoms with Crippen LogP contribution in [0.4, 0.5) is 5.69 Å². The summed E-state index contributed by atoms with van der Waals surface area (Å²) in [6, 6.07) is 4.24. The highest BCUT2D eigenvalue weighted by molar-refractivity contribution is 7.89. The van der Waals surface area contributed by atoms with Crippen molar-refractivity contribution in [1.82, 2.24) is 9.21 Å². The smallest absolute Gasteiger partial charge is 0.243 e. The SMILES string of the molecule is C[C@@H]1C[C@@H](C)CN([C@H](C)C(=O)Nc2cc(S(=O)(=O)N3CCCCC3)ccc2Cl)C1. The highest BCUT2D eigenvalue weighted by atomic mass is 35.5. The first-order valence-electron chi connectivity index (χ1n) is 10.5. The minimum atomic E-state index is -3.58. The lowest BCUT2D eigenvalue weighted by molar-refractivity contribution is -0.121. The number of benzene rings is 1. The Morgan fingerprint density at radius 1 is 1.14 bits per heavy atom. The fourth-order valence-electron chi connectivity index (χ4n) is 4.45. The van der Waals surface area contributed by atoms with Gasteiger partial charge in [-0.15, -0.1) is 0 Å². The topological polar surface area (TPSA) is 69.7 Å². The molecule has 1 N–H and O–H groups in total. The lowest BCUT2D eigenvalue weighted by Crippen LogP contribution is -2.48.